The Morgan fingerprint density at radius 2 is 1.66 bits per heavy atom. The van der Waals surface area contributed by atoms with E-state index in [0.717, 1.165) is 43.4 Å². The van der Waals surface area contributed by atoms with Crippen LogP contribution in [0.25, 0.3) is 0 Å². The monoisotopic (exact) mass is 510 g/mol. The molecular formula is C24H25Cl3N2O2S. The highest BCUT2D eigenvalue weighted by atomic mass is 35.5. The molecule has 1 fully saturated rings. The van der Waals surface area contributed by atoms with Crippen LogP contribution >= 0.6 is 34.8 Å². The van der Waals surface area contributed by atoms with Crippen LogP contribution in [0, 0.1) is 0 Å². The third-order valence-corrected chi connectivity index (χ3v) is 8.80. The topological polar surface area (TPSA) is 42.3 Å². The van der Waals surface area contributed by atoms with E-state index in [0.29, 0.717) is 16.6 Å². The lowest BCUT2D eigenvalue weighted by Crippen LogP contribution is -2.41. The number of aromatic nitrogens is 1. The lowest BCUT2D eigenvalue weighted by Gasteiger charge is -2.34. The molecule has 32 heavy (non-hydrogen) atoms. The summed E-state index contributed by atoms with van der Waals surface area (Å²) in [5.74, 6) is 0. The molecule has 0 saturated heterocycles. The van der Waals surface area contributed by atoms with Crippen molar-refractivity contribution < 1.29 is 8.42 Å². The Kier molecular flexibility index (Phi) is 7.53. The largest absolute Gasteiger partial charge is 0.346 e. The summed E-state index contributed by atoms with van der Waals surface area (Å²) >= 11 is 18.6. The van der Waals surface area contributed by atoms with Crippen molar-refractivity contribution in [1.82, 2.24) is 8.87 Å². The first kappa shape index (κ1) is 23.7. The molecule has 0 aliphatic heterocycles. The van der Waals surface area contributed by atoms with Crippen molar-refractivity contribution in [3.05, 3.63) is 87.1 Å². The third-order valence-electron chi connectivity index (χ3n) is 5.95. The minimum absolute atomic E-state index is 0.0604. The molecule has 3 aromatic rings. The van der Waals surface area contributed by atoms with Gasteiger partial charge in [-0.2, -0.15) is 4.31 Å². The van der Waals surface area contributed by atoms with E-state index in [-0.39, 0.29) is 22.5 Å². The first-order valence-electron chi connectivity index (χ1n) is 10.7. The van der Waals surface area contributed by atoms with Gasteiger partial charge in [-0.25, -0.2) is 8.42 Å². The fraction of sp³-hybridized carbons (Fsp3) is 0.333. The molecule has 1 heterocycles. The molecule has 0 spiro atoms. The van der Waals surface area contributed by atoms with Crippen molar-refractivity contribution in [2.45, 2.75) is 56.1 Å². The van der Waals surface area contributed by atoms with Gasteiger partial charge in [-0.1, -0.05) is 66.2 Å². The molecule has 0 radical (unpaired) electrons. The normalized spacial score (nSPS) is 15.4. The molecule has 2 aromatic carbocycles. The summed E-state index contributed by atoms with van der Waals surface area (Å²) in [6.07, 6.45) is 6.81. The van der Waals surface area contributed by atoms with Gasteiger partial charge >= 0.3 is 0 Å². The van der Waals surface area contributed by atoms with Crippen molar-refractivity contribution in [2.75, 3.05) is 0 Å². The molecule has 1 aliphatic rings. The van der Waals surface area contributed by atoms with E-state index in [1.165, 1.54) is 12.1 Å². The Bertz CT molecular complexity index is 1190. The molecule has 0 N–H and O–H groups in total. The predicted molar refractivity (Wildman–Crippen MR) is 131 cm³/mol. The van der Waals surface area contributed by atoms with E-state index in [1.807, 2.05) is 42.6 Å². The van der Waals surface area contributed by atoms with Gasteiger partial charge in [0.15, 0.2) is 0 Å². The molecule has 4 rings (SSSR count). The Morgan fingerprint density at radius 3 is 2.41 bits per heavy atom. The molecule has 0 amide bonds. The minimum Gasteiger partial charge on any atom is -0.346 e. The summed E-state index contributed by atoms with van der Waals surface area (Å²) in [5, 5.41) is 1.21. The van der Waals surface area contributed by atoms with Crippen molar-refractivity contribution >= 4 is 44.8 Å². The first-order chi connectivity index (χ1) is 15.3. The van der Waals surface area contributed by atoms with E-state index < -0.39 is 10.0 Å². The summed E-state index contributed by atoms with van der Waals surface area (Å²) in [6, 6.07) is 16.1. The maximum atomic E-state index is 13.8. The zero-order valence-corrected chi connectivity index (χ0v) is 20.6. The SMILES string of the molecule is O=S(=O)(c1cc(Cl)ccc1Cl)N(Cc1cccn1Cc1cccc(Cl)c1)C1CCCCC1. The van der Waals surface area contributed by atoms with Crippen LogP contribution in [0.1, 0.15) is 43.4 Å². The fourth-order valence-electron chi connectivity index (χ4n) is 4.32. The van der Waals surface area contributed by atoms with Crippen LogP contribution in [0.15, 0.2) is 65.7 Å². The highest BCUT2D eigenvalue weighted by Gasteiger charge is 2.34. The van der Waals surface area contributed by atoms with Crippen molar-refractivity contribution in [2.24, 2.45) is 0 Å². The first-order valence-corrected chi connectivity index (χ1v) is 13.3. The second-order valence-electron chi connectivity index (χ2n) is 8.17. The van der Waals surface area contributed by atoms with Gasteiger partial charge in [-0.3, -0.25) is 0 Å². The Hall–Kier alpha value is -1.50. The summed E-state index contributed by atoms with van der Waals surface area (Å²) in [7, 11) is -3.84. The number of rotatable bonds is 7. The van der Waals surface area contributed by atoms with Gasteiger partial charge in [0, 0.05) is 34.5 Å². The van der Waals surface area contributed by atoms with E-state index in [9.17, 15) is 8.42 Å². The second-order valence-corrected chi connectivity index (χ2v) is 11.3. The molecule has 4 nitrogen and oxygen atoms in total. The van der Waals surface area contributed by atoms with Crippen LogP contribution in [0.2, 0.25) is 15.1 Å². The average molecular weight is 512 g/mol. The number of benzene rings is 2. The van der Waals surface area contributed by atoms with Crippen molar-refractivity contribution in [1.29, 1.82) is 0 Å². The molecule has 1 saturated carbocycles. The van der Waals surface area contributed by atoms with Gasteiger partial charge in [0.1, 0.15) is 4.90 Å². The fourth-order valence-corrected chi connectivity index (χ4v) is 6.93. The van der Waals surface area contributed by atoms with Crippen molar-refractivity contribution in [3.8, 4) is 0 Å². The number of hydrogen-bond acceptors (Lipinski definition) is 2. The van der Waals surface area contributed by atoms with Gasteiger partial charge in [0.2, 0.25) is 10.0 Å². The molecule has 8 heteroatoms. The predicted octanol–water partition coefficient (Wildman–Crippen LogP) is 7.02. The molecule has 0 unspecified atom stereocenters. The average Bonchev–Trinajstić information content (AvgIpc) is 3.20. The van der Waals surface area contributed by atoms with Crippen LogP contribution in [0.4, 0.5) is 0 Å². The zero-order chi connectivity index (χ0) is 22.7. The Morgan fingerprint density at radius 1 is 0.906 bits per heavy atom. The number of hydrogen-bond donors (Lipinski definition) is 0. The van der Waals surface area contributed by atoms with Gasteiger partial charge in [-0.15, -0.1) is 0 Å². The smallest absolute Gasteiger partial charge is 0.245 e. The summed E-state index contributed by atoms with van der Waals surface area (Å²) in [4.78, 5) is 0.0604. The molecule has 0 bridgehead atoms. The van der Waals surface area contributed by atoms with E-state index in [2.05, 4.69) is 4.57 Å². The standard InChI is InChI=1S/C24H25Cl3N2O2S/c25-19-7-4-6-18(14-19)16-28-13-5-10-22(28)17-29(21-8-2-1-3-9-21)32(30,31)24-15-20(26)11-12-23(24)27/h4-7,10-15,21H,1-3,8-9,16-17H2. The van der Waals surface area contributed by atoms with Gasteiger partial charge in [0.25, 0.3) is 0 Å². The third kappa shape index (κ3) is 5.35. The summed E-state index contributed by atoms with van der Waals surface area (Å²) in [5.41, 5.74) is 1.97. The van der Waals surface area contributed by atoms with Crippen LogP contribution in [-0.4, -0.2) is 23.3 Å². The van der Waals surface area contributed by atoms with E-state index in [4.69, 9.17) is 34.8 Å². The molecular weight excluding hydrogens is 487 g/mol. The number of sulfonamides is 1. The van der Waals surface area contributed by atoms with Crippen molar-refractivity contribution in [3.63, 3.8) is 0 Å². The lowest BCUT2D eigenvalue weighted by atomic mass is 9.95. The maximum Gasteiger partial charge on any atom is 0.245 e. The number of halogens is 3. The minimum atomic E-state index is -3.84. The molecule has 1 aromatic heterocycles. The zero-order valence-electron chi connectivity index (χ0n) is 17.6. The lowest BCUT2D eigenvalue weighted by molar-refractivity contribution is 0.244. The Labute approximate surface area is 204 Å². The van der Waals surface area contributed by atoms with Crippen LogP contribution in [0.3, 0.4) is 0 Å². The quantitative estimate of drug-likeness (QED) is 0.342. The second kappa shape index (κ2) is 10.2. The molecule has 1 aliphatic carbocycles. The van der Waals surface area contributed by atoms with Gasteiger partial charge < -0.3 is 4.57 Å². The Balaban J connectivity index is 1.68. The summed E-state index contributed by atoms with van der Waals surface area (Å²) < 4.78 is 31.3. The van der Waals surface area contributed by atoms with Gasteiger partial charge in [0.05, 0.1) is 11.6 Å². The summed E-state index contributed by atoms with van der Waals surface area (Å²) in [6.45, 7) is 0.878. The highest BCUT2D eigenvalue weighted by molar-refractivity contribution is 7.89. The maximum absolute atomic E-state index is 13.8. The number of nitrogens with zero attached hydrogens (tertiary/aromatic N) is 2. The molecule has 0 atom stereocenters. The van der Waals surface area contributed by atoms with Crippen LogP contribution < -0.4 is 0 Å². The van der Waals surface area contributed by atoms with E-state index >= 15 is 0 Å². The van der Waals surface area contributed by atoms with E-state index in [1.54, 1.807) is 10.4 Å². The highest BCUT2D eigenvalue weighted by Crippen LogP contribution is 2.33. The molecule has 170 valence electrons. The van der Waals surface area contributed by atoms with Gasteiger partial charge in [-0.05, 0) is 60.9 Å². The van der Waals surface area contributed by atoms with Crippen LogP contribution in [0.5, 0.6) is 0 Å². The van der Waals surface area contributed by atoms with Crippen LogP contribution in [-0.2, 0) is 23.1 Å².